The second kappa shape index (κ2) is 6.95. The Balaban J connectivity index is 3.36. The molecule has 0 bridgehead atoms. The molecule has 1 aromatic carbocycles. The van der Waals surface area contributed by atoms with E-state index in [-0.39, 0.29) is 5.56 Å². The molecule has 162 valence electrons. The van der Waals surface area contributed by atoms with Crippen LogP contribution in [0.3, 0.4) is 0 Å². The van der Waals surface area contributed by atoms with E-state index < -0.39 is 48.3 Å². The minimum Gasteiger partial charge on any atom is -0.322 e. The number of benzene rings is 1. The van der Waals surface area contributed by atoms with E-state index in [2.05, 4.69) is 5.73 Å². The van der Waals surface area contributed by atoms with Gasteiger partial charge in [0.05, 0.1) is 6.04 Å². The second-order valence-corrected chi connectivity index (χ2v) is 5.71. The summed E-state index contributed by atoms with van der Waals surface area (Å²) >= 11 is 0. The third kappa shape index (κ3) is 3.50. The van der Waals surface area contributed by atoms with E-state index in [0.717, 1.165) is 12.1 Å². The molecule has 1 nitrogen and oxygen atoms in total. The topological polar surface area (TPSA) is 26.0 Å². The third-order valence-corrected chi connectivity index (χ3v) is 3.72. The molecule has 0 aliphatic carbocycles. The van der Waals surface area contributed by atoms with E-state index in [0.29, 0.717) is 0 Å². The lowest BCUT2D eigenvalue weighted by Gasteiger charge is -2.41. The van der Waals surface area contributed by atoms with Gasteiger partial charge in [-0.3, -0.25) is 0 Å². The molecule has 1 atom stereocenters. The number of halogens is 13. The van der Waals surface area contributed by atoms with Crippen molar-refractivity contribution < 1.29 is 57.1 Å². The first-order chi connectivity index (χ1) is 12.2. The van der Waals surface area contributed by atoms with Crippen molar-refractivity contribution in [3.63, 3.8) is 0 Å². The highest BCUT2D eigenvalue weighted by molar-refractivity contribution is 5.19. The van der Waals surface area contributed by atoms with Gasteiger partial charge >= 0.3 is 35.8 Å². The standard InChI is InChI=1S/C14H10F13N/c15-9(16,8(28)6-7-4-2-1-3-5-7)10(17,18)11(19,20)12(21,22)13(23,24)14(25,26)27/h1-5,8H,6,28H2. The van der Waals surface area contributed by atoms with Crippen molar-refractivity contribution in [3.05, 3.63) is 35.9 Å². The molecule has 0 amide bonds. The molecule has 1 unspecified atom stereocenters. The van der Waals surface area contributed by atoms with E-state index in [9.17, 15) is 57.1 Å². The van der Waals surface area contributed by atoms with Crippen LogP contribution < -0.4 is 5.73 Å². The molecule has 2 N–H and O–H groups in total. The zero-order valence-corrected chi connectivity index (χ0v) is 13.2. The molecular formula is C14H10F13N. The number of nitrogens with two attached hydrogens (primary N) is 1. The first-order valence-electron chi connectivity index (χ1n) is 7.00. The van der Waals surface area contributed by atoms with Crippen LogP contribution in [0.25, 0.3) is 0 Å². The predicted molar refractivity (Wildman–Crippen MR) is 68.9 cm³/mol. The van der Waals surface area contributed by atoms with Gasteiger partial charge in [0.1, 0.15) is 0 Å². The van der Waals surface area contributed by atoms with Gasteiger partial charge in [0.15, 0.2) is 0 Å². The monoisotopic (exact) mass is 439 g/mol. The van der Waals surface area contributed by atoms with Crippen LogP contribution in [0.1, 0.15) is 5.56 Å². The molecular weight excluding hydrogens is 429 g/mol. The lowest BCUT2D eigenvalue weighted by molar-refractivity contribution is -0.440. The van der Waals surface area contributed by atoms with Crippen molar-refractivity contribution >= 4 is 0 Å². The maximum absolute atomic E-state index is 13.8. The molecule has 0 fully saturated rings. The summed E-state index contributed by atoms with van der Waals surface area (Å²) in [5.74, 6) is -37.1. The zero-order chi connectivity index (χ0) is 22.4. The van der Waals surface area contributed by atoms with Gasteiger partial charge in [-0.2, -0.15) is 57.1 Å². The maximum atomic E-state index is 13.8. The number of alkyl halides is 13. The van der Waals surface area contributed by atoms with Crippen LogP contribution in [0.2, 0.25) is 0 Å². The van der Waals surface area contributed by atoms with Crippen molar-refractivity contribution in [1.29, 1.82) is 0 Å². The third-order valence-electron chi connectivity index (χ3n) is 3.72. The Morgan fingerprint density at radius 3 is 1.39 bits per heavy atom. The molecule has 0 radical (unpaired) electrons. The highest BCUT2D eigenvalue weighted by Crippen LogP contribution is 2.60. The fourth-order valence-corrected chi connectivity index (χ4v) is 2.01. The van der Waals surface area contributed by atoms with E-state index in [1.54, 1.807) is 0 Å². The van der Waals surface area contributed by atoms with Crippen LogP contribution in [0.5, 0.6) is 0 Å². The summed E-state index contributed by atoms with van der Waals surface area (Å²) in [6.45, 7) is 0. The molecule has 28 heavy (non-hydrogen) atoms. The minimum absolute atomic E-state index is 0.249. The van der Waals surface area contributed by atoms with Gasteiger partial charge < -0.3 is 5.73 Å². The van der Waals surface area contributed by atoms with Crippen molar-refractivity contribution in [3.8, 4) is 0 Å². The molecule has 0 aliphatic rings. The zero-order valence-electron chi connectivity index (χ0n) is 13.2. The summed E-state index contributed by atoms with van der Waals surface area (Å²) in [5, 5.41) is 0. The minimum atomic E-state index is -7.92. The molecule has 0 heterocycles. The van der Waals surface area contributed by atoms with Crippen LogP contribution >= 0.6 is 0 Å². The predicted octanol–water partition coefficient (Wildman–Crippen LogP) is 5.30. The Bertz CT molecular complexity index is 666. The van der Waals surface area contributed by atoms with E-state index in [4.69, 9.17) is 0 Å². The van der Waals surface area contributed by atoms with Crippen LogP contribution in [0.4, 0.5) is 57.1 Å². The van der Waals surface area contributed by atoms with Gasteiger partial charge in [-0.15, -0.1) is 0 Å². The Morgan fingerprint density at radius 1 is 0.607 bits per heavy atom. The fraction of sp³-hybridized carbons (Fsp3) is 0.571. The van der Waals surface area contributed by atoms with Gasteiger partial charge in [-0.25, -0.2) is 0 Å². The van der Waals surface area contributed by atoms with Crippen LogP contribution in [-0.2, 0) is 6.42 Å². The van der Waals surface area contributed by atoms with Gasteiger partial charge in [0.25, 0.3) is 0 Å². The number of hydrogen-bond acceptors (Lipinski definition) is 1. The van der Waals surface area contributed by atoms with Crippen LogP contribution in [0, 0.1) is 0 Å². The van der Waals surface area contributed by atoms with Crippen LogP contribution in [-0.4, -0.2) is 41.8 Å². The lowest BCUT2D eigenvalue weighted by atomic mass is 9.89. The summed E-state index contributed by atoms with van der Waals surface area (Å²) in [6.07, 6.45) is -8.74. The van der Waals surface area contributed by atoms with Crippen LogP contribution in [0.15, 0.2) is 30.3 Å². The Hall–Kier alpha value is -1.73. The van der Waals surface area contributed by atoms with Crippen molar-refractivity contribution in [2.24, 2.45) is 5.73 Å². The highest BCUT2D eigenvalue weighted by Gasteiger charge is 2.91. The fourth-order valence-electron chi connectivity index (χ4n) is 2.01. The molecule has 1 aromatic rings. The first-order valence-corrected chi connectivity index (χ1v) is 7.00. The molecule has 0 saturated carbocycles. The molecule has 0 aromatic heterocycles. The lowest BCUT2D eigenvalue weighted by Crippen LogP contribution is -2.72. The summed E-state index contributed by atoms with van der Waals surface area (Å²) in [5.41, 5.74) is 4.44. The summed E-state index contributed by atoms with van der Waals surface area (Å²) in [6, 6.07) is 2.40. The Kier molecular flexibility index (Phi) is 6.04. The van der Waals surface area contributed by atoms with Gasteiger partial charge in [0, 0.05) is 0 Å². The molecule has 1 rings (SSSR count). The average molecular weight is 439 g/mol. The van der Waals surface area contributed by atoms with Gasteiger partial charge in [-0.1, -0.05) is 30.3 Å². The molecule has 0 spiro atoms. The number of hydrogen-bond donors (Lipinski definition) is 1. The first kappa shape index (κ1) is 24.3. The SMILES string of the molecule is NC(Cc1ccccc1)C(F)(F)C(F)(F)C(F)(F)C(F)(F)C(F)(F)C(F)(F)F. The van der Waals surface area contributed by atoms with E-state index in [1.807, 2.05) is 0 Å². The van der Waals surface area contributed by atoms with Gasteiger partial charge in [0.2, 0.25) is 0 Å². The quantitative estimate of drug-likeness (QED) is 0.574. The summed E-state index contributed by atoms with van der Waals surface area (Å²) in [4.78, 5) is 0. The Labute approximate surface area is 148 Å². The largest absolute Gasteiger partial charge is 0.460 e. The number of rotatable bonds is 7. The van der Waals surface area contributed by atoms with Crippen molar-refractivity contribution in [2.45, 2.75) is 48.3 Å². The second-order valence-electron chi connectivity index (χ2n) is 5.71. The maximum Gasteiger partial charge on any atom is 0.460 e. The van der Waals surface area contributed by atoms with E-state index in [1.165, 1.54) is 18.2 Å². The Morgan fingerprint density at radius 2 is 1.00 bits per heavy atom. The van der Waals surface area contributed by atoms with Crippen molar-refractivity contribution in [2.75, 3.05) is 0 Å². The highest BCUT2D eigenvalue weighted by atomic mass is 19.4. The smallest absolute Gasteiger partial charge is 0.322 e. The van der Waals surface area contributed by atoms with Gasteiger partial charge in [-0.05, 0) is 12.0 Å². The molecule has 14 heteroatoms. The summed E-state index contributed by atoms with van der Waals surface area (Å²) < 4.78 is 169. The summed E-state index contributed by atoms with van der Waals surface area (Å²) in [7, 11) is 0. The normalized spacial score (nSPS) is 16.2. The molecule has 0 aliphatic heterocycles. The van der Waals surface area contributed by atoms with E-state index >= 15 is 0 Å². The average Bonchev–Trinajstić information content (AvgIpc) is 2.53. The van der Waals surface area contributed by atoms with Crippen molar-refractivity contribution in [1.82, 2.24) is 0 Å². The molecule has 0 saturated heterocycles.